The van der Waals surface area contributed by atoms with Gasteiger partial charge in [0, 0.05) is 10.4 Å². The number of hydrogen-bond donors (Lipinski definition) is 3. The Labute approximate surface area is 120 Å². The number of halogens is 1. The highest BCUT2D eigenvalue weighted by atomic mass is 35.5. The van der Waals surface area contributed by atoms with Crippen molar-refractivity contribution in [2.45, 2.75) is 13.0 Å². The first-order chi connectivity index (χ1) is 8.50. The van der Waals surface area contributed by atoms with Crippen LogP contribution in [0.25, 0.3) is 0 Å². The molecule has 2 rings (SSSR count). The fraction of sp³-hybridized carbons (Fsp3) is 0.154. The molecule has 1 atom stereocenters. The van der Waals surface area contributed by atoms with Crippen LogP contribution in [0.5, 0.6) is 5.75 Å². The molecular formula is C13H14ClNO3S. The van der Waals surface area contributed by atoms with Gasteiger partial charge in [-0.2, -0.15) is 0 Å². The molecule has 0 saturated heterocycles. The van der Waals surface area contributed by atoms with Gasteiger partial charge in [-0.05, 0) is 30.0 Å². The van der Waals surface area contributed by atoms with E-state index in [0.29, 0.717) is 5.56 Å². The molecule has 1 aromatic heterocycles. The van der Waals surface area contributed by atoms with E-state index in [2.05, 4.69) is 0 Å². The van der Waals surface area contributed by atoms with Gasteiger partial charge in [-0.15, -0.1) is 23.7 Å². The summed E-state index contributed by atoms with van der Waals surface area (Å²) in [6.45, 7) is 1.77. The van der Waals surface area contributed by atoms with Crippen molar-refractivity contribution < 1.29 is 15.0 Å². The zero-order chi connectivity index (χ0) is 13.3. The third-order valence-electron chi connectivity index (χ3n) is 2.70. The molecule has 19 heavy (non-hydrogen) atoms. The summed E-state index contributed by atoms with van der Waals surface area (Å²) in [4.78, 5) is 11.9. The van der Waals surface area contributed by atoms with E-state index in [0.717, 1.165) is 10.4 Å². The van der Waals surface area contributed by atoms with Crippen LogP contribution in [0, 0.1) is 6.92 Å². The van der Waals surface area contributed by atoms with E-state index < -0.39 is 12.0 Å². The molecule has 0 saturated carbocycles. The molecule has 2 aromatic rings. The van der Waals surface area contributed by atoms with E-state index in [4.69, 9.17) is 10.8 Å². The number of thiophene rings is 1. The van der Waals surface area contributed by atoms with Crippen LogP contribution in [-0.2, 0) is 0 Å². The van der Waals surface area contributed by atoms with E-state index in [1.807, 2.05) is 17.5 Å². The molecule has 0 aliphatic heterocycles. The Morgan fingerprint density at radius 2 is 2.11 bits per heavy atom. The van der Waals surface area contributed by atoms with Gasteiger partial charge in [-0.1, -0.05) is 12.1 Å². The highest BCUT2D eigenvalue weighted by molar-refractivity contribution is 7.10. The lowest BCUT2D eigenvalue weighted by Gasteiger charge is -2.14. The molecule has 6 heteroatoms. The predicted octanol–water partition coefficient (Wildman–Crippen LogP) is 2.93. The lowest BCUT2D eigenvalue weighted by atomic mass is 9.98. The number of phenols is 1. The van der Waals surface area contributed by atoms with Crippen molar-refractivity contribution in [3.8, 4) is 5.75 Å². The van der Waals surface area contributed by atoms with Crippen molar-refractivity contribution in [1.29, 1.82) is 0 Å². The van der Waals surface area contributed by atoms with Gasteiger partial charge >= 0.3 is 5.97 Å². The van der Waals surface area contributed by atoms with E-state index in [1.165, 1.54) is 17.4 Å². The third-order valence-corrected chi connectivity index (χ3v) is 3.65. The minimum absolute atomic E-state index is 0. The first-order valence-electron chi connectivity index (χ1n) is 5.36. The van der Waals surface area contributed by atoms with Gasteiger partial charge in [0.25, 0.3) is 0 Å². The molecule has 0 spiro atoms. The van der Waals surface area contributed by atoms with Crippen molar-refractivity contribution in [3.63, 3.8) is 0 Å². The monoisotopic (exact) mass is 299 g/mol. The maximum Gasteiger partial charge on any atom is 0.339 e. The van der Waals surface area contributed by atoms with Crippen molar-refractivity contribution in [1.82, 2.24) is 0 Å². The summed E-state index contributed by atoms with van der Waals surface area (Å²) in [6, 6.07) is 6.36. The molecule has 0 aliphatic carbocycles. The normalized spacial score (nSPS) is 11.7. The number of aromatic carboxylic acids is 1. The van der Waals surface area contributed by atoms with Gasteiger partial charge in [0.05, 0.1) is 6.04 Å². The number of aromatic hydroxyl groups is 1. The lowest BCUT2D eigenvalue weighted by molar-refractivity contribution is 0.0693. The first kappa shape index (κ1) is 15.5. The summed E-state index contributed by atoms with van der Waals surface area (Å²) in [7, 11) is 0. The SMILES string of the molecule is Cc1cc(C(=O)O)c(O)c([C@H](N)c2cccs2)c1.Cl. The smallest absolute Gasteiger partial charge is 0.339 e. The second kappa shape index (κ2) is 6.06. The molecule has 102 valence electrons. The maximum absolute atomic E-state index is 11.0. The summed E-state index contributed by atoms with van der Waals surface area (Å²) >= 11 is 1.47. The number of hydrogen-bond acceptors (Lipinski definition) is 4. The summed E-state index contributed by atoms with van der Waals surface area (Å²) in [5.41, 5.74) is 7.14. The number of nitrogens with two attached hydrogens (primary N) is 1. The first-order valence-corrected chi connectivity index (χ1v) is 6.24. The number of aryl methyl sites for hydroxylation is 1. The molecule has 0 fully saturated rings. The van der Waals surface area contributed by atoms with Crippen LogP contribution in [-0.4, -0.2) is 16.2 Å². The second-order valence-corrected chi connectivity index (χ2v) is 5.03. The Balaban J connectivity index is 0.00000180. The Kier molecular flexibility index (Phi) is 4.94. The Morgan fingerprint density at radius 1 is 1.42 bits per heavy atom. The zero-order valence-electron chi connectivity index (χ0n) is 10.2. The van der Waals surface area contributed by atoms with Gasteiger partial charge < -0.3 is 15.9 Å². The zero-order valence-corrected chi connectivity index (χ0v) is 11.8. The topological polar surface area (TPSA) is 83.5 Å². The highest BCUT2D eigenvalue weighted by Gasteiger charge is 2.20. The molecule has 0 bridgehead atoms. The van der Waals surface area contributed by atoms with E-state index in [9.17, 15) is 9.90 Å². The van der Waals surface area contributed by atoms with E-state index in [1.54, 1.807) is 13.0 Å². The Morgan fingerprint density at radius 3 is 2.63 bits per heavy atom. The fourth-order valence-corrected chi connectivity index (χ4v) is 2.57. The van der Waals surface area contributed by atoms with Crippen molar-refractivity contribution in [3.05, 3.63) is 51.2 Å². The van der Waals surface area contributed by atoms with E-state index >= 15 is 0 Å². The van der Waals surface area contributed by atoms with Gasteiger partial charge in [-0.25, -0.2) is 4.79 Å². The quantitative estimate of drug-likeness (QED) is 0.813. The predicted molar refractivity (Wildman–Crippen MR) is 77.4 cm³/mol. The molecular weight excluding hydrogens is 286 g/mol. The van der Waals surface area contributed by atoms with Crippen molar-refractivity contribution >= 4 is 29.7 Å². The van der Waals surface area contributed by atoms with Crippen LogP contribution in [0.3, 0.4) is 0 Å². The molecule has 4 nitrogen and oxygen atoms in total. The molecule has 0 radical (unpaired) electrons. The van der Waals surface area contributed by atoms with Crippen LogP contribution in [0.1, 0.15) is 32.4 Å². The van der Waals surface area contributed by atoms with Gasteiger partial charge in [0.15, 0.2) is 0 Å². The van der Waals surface area contributed by atoms with Crippen molar-refractivity contribution in [2.24, 2.45) is 5.73 Å². The van der Waals surface area contributed by atoms with Gasteiger partial charge in [0.1, 0.15) is 11.3 Å². The minimum Gasteiger partial charge on any atom is -0.507 e. The molecule has 4 N–H and O–H groups in total. The number of rotatable bonds is 3. The number of benzene rings is 1. The van der Waals surface area contributed by atoms with Crippen LogP contribution >= 0.6 is 23.7 Å². The van der Waals surface area contributed by atoms with Crippen LogP contribution in [0.2, 0.25) is 0 Å². The van der Waals surface area contributed by atoms with Gasteiger partial charge in [0.2, 0.25) is 0 Å². The number of carbonyl (C=O) groups is 1. The number of carboxylic acids is 1. The maximum atomic E-state index is 11.0. The van der Waals surface area contributed by atoms with Crippen LogP contribution in [0.15, 0.2) is 29.6 Å². The summed E-state index contributed by atoms with van der Waals surface area (Å²) < 4.78 is 0. The summed E-state index contributed by atoms with van der Waals surface area (Å²) in [5, 5.41) is 20.9. The van der Waals surface area contributed by atoms with Crippen LogP contribution in [0.4, 0.5) is 0 Å². The summed E-state index contributed by atoms with van der Waals surface area (Å²) in [6.07, 6.45) is 0. The van der Waals surface area contributed by atoms with Crippen LogP contribution < -0.4 is 5.73 Å². The Hall–Kier alpha value is -1.56. The fourth-order valence-electron chi connectivity index (χ4n) is 1.83. The molecule has 1 heterocycles. The summed E-state index contributed by atoms with van der Waals surface area (Å²) in [5.74, 6) is -1.41. The second-order valence-electron chi connectivity index (χ2n) is 4.05. The molecule has 1 aromatic carbocycles. The van der Waals surface area contributed by atoms with Crippen molar-refractivity contribution in [2.75, 3.05) is 0 Å². The molecule has 0 amide bonds. The molecule has 0 aliphatic rings. The number of carboxylic acid groups (broad SMARTS) is 1. The van der Waals surface area contributed by atoms with Gasteiger partial charge in [-0.3, -0.25) is 0 Å². The molecule has 0 unspecified atom stereocenters. The largest absolute Gasteiger partial charge is 0.507 e. The average molecular weight is 300 g/mol. The lowest BCUT2D eigenvalue weighted by Crippen LogP contribution is -2.12. The minimum atomic E-state index is -1.16. The van der Waals surface area contributed by atoms with E-state index in [-0.39, 0.29) is 23.7 Å². The highest BCUT2D eigenvalue weighted by Crippen LogP contribution is 2.33. The Bertz CT molecular complexity index is 584. The third kappa shape index (κ3) is 3.07. The standard InChI is InChI=1S/C13H13NO3S.ClH/c1-7-5-8(11(14)10-3-2-4-18-10)12(15)9(6-7)13(16)17;/h2-6,11,15H,14H2,1H3,(H,16,17);1H/t11-;/m0./s1. The average Bonchev–Trinajstić information content (AvgIpc) is 2.84.